The average Bonchev–Trinajstić information content (AvgIpc) is 2.27. The summed E-state index contributed by atoms with van der Waals surface area (Å²) in [5, 5.41) is 0. The van der Waals surface area contributed by atoms with Gasteiger partial charge in [0, 0.05) is 5.82 Å². The molecule has 0 spiro atoms. The van der Waals surface area contributed by atoms with Gasteiger partial charge in [-0.15, -0.1) is 6.07 Å². The van der Waals surface area contributed by atoms with Crippen molar-refractivity contribution in [3.05, 3.63) is 59.7 Å². The summed E-state index contributed by atoms with van der Waals surface area (Å²) in [6.45, 7) is 0. The van der Waals surface area contributed by atoms with Crippen LogP contribution < -0.4 is 18.9 Å². The second-order valence-electron chi connectivity index (χ2n) is 3.12. The predicted octanol–water partition coefficient (Wildman–Crippen LogP) is 0.714. The summed E-state index contributed by atoms with van der Waals surface area (Å²) < 4.78 is 52.4. The monoisotopic (exact) mass is 232 g/mol. The fourth-order valence-corrected chi connectivity index (χ4v) is 1.37. The number of hydrogen-bond acceptors (Lipinski definition) is 0. The summed E-state index contributed by atoms with van der Waals surface area (Å²) in [5.41, 5.74) is -0.640. The first kappa shape index (κ1) is 13.8. The average molecular weight is 232 g/mol. The summed E-state index contributed by atoms with van der Waals surface area (Å²) in [6.07, 6.45) is 0. The van der Waals surface area contributed by atoms with Crippen molar-refractivity contribution in [3.63, 3.8) is 0 Å². The Kier molecular flexibility index (Phi) is 4.38. The van der Waals surface area contributed by atoms with Gasteiger partial charge in [0.1, 0.15) is 0 Å². The zero-order chi connectivity index (χ0) is 11.7. The van der Waals surface area contributed by atoms with Crippen LogP contribution in [-0.4, -0.2) is 0 Å². The molecule has 0 atom stereocenters. The van der Waals surface area contributed by atoms with Gasteiger partial charge in [0.05, 0.1) is 5.82 Å². The van der Waals surface area contributed by atoms with E-state index in [1.807, 2.05) is 6.07 Å². The van der Waals surface area contributed by atoms with E-state index in [-0.39, 0.29) is 30.0 Å². The van der Waals surface area contributed by atoms with Gasteiger partial charge in [-0.3, -0.25) is 4.39 Å². The van der Waals surface area contributed by atoms with Gasteiger partial charge in [0.25, 0.3) is 0 Å². The molecule has 2 rings (SSSR count). The zero-order valence-electron chi connectivity index (χ0n) is 8.90. The molecule has 0 N–H and O–H groups in total. The van der Waals surface area contributed by atoms with E-state index in [0.717, 1.165) is 18.2 Å². The van der Waals surface area contributed by atoms with Crippen LogP contribution in [0.4, 0.5) is 17.6 Å². The summed E-state index contributed by atoms with van der Waals surface area (Å²) in [6, 6.07) is 7.54. The van der Waals surface area contributed by atoms with E-state index in [2.05, 4.69) is 0 Å². The fraction of sp³-hybridized carbons (Fsp3) is 0. The van der Waals surface area contributed by atoms with Crippen molar-refractivity contribution < 1.29 is 36.4 Å². The molecule has 0 aromatic heterocycles. The quantitative estimate of drug-likeness (QED) is 0.386. The Balaban J connectivity index is 0.00000144. The van der Waals surface area contributed by atoms with Crippen LogP contribution in [0.1, 0.15) is 0 Å². The first-order valence-electron chi connectivity index (χ1n) is 4.41. The zero-order valence-corrected chi connectivity index (χ0v) is 8.90. The minimum Gasteiger partial charge on any atom is -0.281 e. The summed E-state index contributed by atoms with van der Waals surface area (Å²) in [7, 11) is 0. The van der Waals surface area contributed by atoms with Crippen molar-refractivity contribution in [2.45, 2.75) is 0 Å². The van der Waals surface area contributed by atoms with Crippen molar-refractivity contribution in [2.75, 3.05) is 0 Å². The van der Waals surface area contributed by atoms with Crippen molar-refractivity contribution in [3.8, 4) is 11.1 Å². The van der Waals surface area contributed by atoms with E-state index >= 15 is 0 Å². The Bertz CT molecular complexity index is 491. The van der Waals surface area contributed by atoms with E-state index in [0.29, 0.717) is 0 Å². The van der Waals surface area contributed by atoms with Crippen LogP contribution >= 0.6 is 0 Å². The molecule has 0 radical (unpaired) electrons. The van der Waals surface area contributed by atoms with Gasteiger partial charge < -0.3 is 0 Å². The normalized spacial score (nSPS) is 9.88. The number of benzene rings is 2. The van der Waals surface area contributed by atoms with E-state index in [9.17, 15) is 17.6 Å². The maximum atomic E-state index is 13.3. The van der Waals surface area contributed by atoms with E-state index < -0.39 is 23.3 Å². The topological polar surface area (TPSA) is 0 Å². The van der Waals surface area contributed by atoms with Crippen LogP contribution in [-0.2, 0) is 0 Å². The SMILES string of the molecule is Fc1[c-]ccc(-c2cccc(F)c2F)c1F.[Li+]. The molecular weight excluding hydrogens is 227 g/mol. The van der Waals surface area contributed by atoms with Crippen LogP contribution in [0.25, 0.3) is 11.1 Å². The molecular formula is C12H5F4Li. The van der Waals surface area contributed by atoms with Gasteiger partial charge in [0.2, 0.25) is 0 Å². The summed E-state index contributed by atoms with van der Waals surface area (Å²) >= 11 is 0. The van der Waals surface area contributed by atoms with E-state index in [1.165, 1.54) is 12.1 Å². The molecule has 2 aromatic rings. The van der Waals surface area contributed by atoms with Crippen molar-refractivity contribution in [1.29, 1.82) is 0 Å². The Morgan fingerprint density at radius 3 is 2.18 bits per heavy atom. The summed E-state index contributed by atoms with van der Waals surface area (Å²) in [4.78, 5) is 0. The molecule has 17 heavy (non-hydrogen) atoms. The first-order valence-corrected chi connectivity index (χ1v) is 4.41. The Hall–Kier alpha value is -1.24. The molecule has 0 saturated heterocycles. The minimum atomic E-state index is -1.24. The first-order chi connectivity index (χ1) is 7.61. The number of halogens is 4. The Morgan fingerprint density at radius 2 is 1.47 bits per heavy atom. The number of rotatable bonds is 1. The van der Waals surface area contributed by atoms with Crippen molar-refractivity contribution in [1.82, 2.24) is 0 Å². The third-order valence-electron chi connectivity index (χ3n) is 2.13. The molecule has 0 fully saturated rings. The van der Waals surface area contributed by atoms with E-state index in [4.69, 9.17) is 0 Å². The van der Waals surface area contributed by atoms with Crippen molar-refractivity contribution >= 4 is 0 Å². The Morgan fingerprint density at radius 1 is 0.824 bits per heavy atom. The summed E-state index contributed by atoms with van der Waals surface area (Å²) in [5.74, 6) is -4.77. The van der Waals surface area contributed by atoms with Gasteiger partial charge in [-0.2, -0.15) is 12.1 Å². The molecule has 0 aliphatic carbocycles. The predicted molar refractivity (Wildman–Crippen MR) is 50.5 cm³/mol. The second-order valence-corrected chi connectivity index (χ2v) is 3.12. The maximum absolute atomic E-state index is 13.3. The van der Waals surface area contributed by atoms with Gasteiger partial charge in [-0.05, 0) is 11.6 Å². The van der Waals surface area contributed by atoms with Crippen molar-refractivity contribution in [2.24, 2.45) is 0 Å². The van der Waals surface area contributed by atoms with Gasteiger partial charge in [0.15, 0.2) is 11.6 Å². The molecule has 0 aliphatic heterocycles. The van der Waals surface area contributed by atoms with E-state index in [1.54, 1.807) is 0 Å². The molecule has 0 nitrogen and oxygen atoms in total. The molecule has 5 heteroatoms. The van der Waals surface area contributed by atoms with Crippen LogP contribution in [0, 0.1) is 29.3 Å². The van der Waals surface area contributed by atoms with Gasteiger partial charge in [-0.1, -0.05) is 17.7 Å². The molecule has 0 heterocycles. The van der Waals surface area contributed by atoms with Crippen LogP contribution in [0.15, 0.2) is 30.3 Å². The van der Waals surface area contributed by atoms with Gasteiger partial charge >= 0.3 is 18.9 Å². The van der Waals surface area contributed by atoms with Crippen LogP contribution in [0.2, 0.25) is 0 Å². The van der Waals surface area contributed by atoms with Crippen LogP contribution in [0.3, 0.4) is 0 Å². The molecule has 0 unspecified atom stereocenters. The minimum absolute atomic E-state index is 0. The smallest absolute Gasteiger partial charge is 0.281 e. The standard InChI is InChI=1S/C12H5F4.Li/c13-9-5-1-3-7(11(9)15)8-4-2-6-10(14)12(8)16;/h1-5H;/q-1;+1. The third kappa shape index (κ3) is 2.54. The molecule has 0 aliphatic rings. The van der Waals surface area contributed by atoms with Gasteiger partial charge in [-0.25, -0.2) is 13.2 Å². The maximum Gasteiger partial charge on any atom is 1.00 e. The van der Waals surface area contributed by atoms with Crippen LogP contribution in [0.5, 0.6) is 0 Å². The molecule has 82 valence electrons. The third-order valence-corrected chi connectivity index (χ3v) is 2.13. The molecule has 0 amide bonds. The molecule has 0 bridgehead atoms. The Labute approximate surface area is 107 Å². The number of hydrogen-bond donors (Lipinski definition) is 0. The molecule has 2 aromatic carbocycles. The largest absolute Gasteiger partial charge is 1.00 e. The molecule has 0 saturated carbocycles. The second kappa shape index (κ2) is 5.39. The fourth-order valence-electron chi connectivity index (χ4n) is 1.37.